The Hall–Kier alpha value is -3.70. The third-order valence-corrected chi connectivity index (χ3v) is 6.24. The van der Waals surface area contributed by atoms with Crippen LogP contribution in [0.4, 0.5) is 4.79 Å². The Labute approximate surface area is 204 Å². The van der Waals surface area contributed by atoms with Crippen LogP contribution in [0.1, 0.15) is 22.3 Å². The summed E-state index contributed by atoms with van der Waals surface area (Å²) in [5.74, 6) is -1.19. The number of carbonyl (C=O) groups is 3. The summed E-state index contributed by atoms with van der Waals surface area (Å²) in [6.07, 6.45) is 2.51. The quantitative estimate of drug-likeness (QED) is 0.346. The van der Waals surface area contributed by atoms with E-state index in [4.69, 9.17) is 11.6 Å². The summed E-state index contributed by atoms with van der Waals surface area (Å²) in [5, 5.41) is 0.441. The number of hydrogen-bond acceptors (Lipinski definition) is 3. The Bertz CT molecular complexity index is 1150. The predicted octanol–water partition coefficient (Wildman–Crippen LogP) is 5.31. The highest BCUT2D eigenvalue weighted by molar-refractivity contribution is 6.34. The molecule has 1 aliphatic rings. The van der Waals surface area contributed by atoms with Crippen LogP contribution in [0, 0.1) is 6.92 Å². The maximum absolute atomic E-state index is 13.4. The van der Waals surface area contributed by atoms with Crippen molar-refractivity contribution in [2.75, 3.05) is 13.1 Å². The van der Waals surface area contributed by atoms with E-state index in [9.17, 15) is 14.4 Å². The van der Waals surface area contributed by atoms with Gasteiger partial charge in [-0.15, -0.1) is 0 Å². The molecule has 0 aliphatic carbocycles. The van der Waals surface area contributed by atoms with Crippen LogP contribution in [0.15, 0.2) is 84.4 Å². The number of carbonyl (C=O) groups excluding carboxylic acids is 3. The van der Waals surface area contributed by atoms with Gasteiger partial charge in [0.15, 0.2) is 0 Å². The normalized spacial score (nSPS) is 14.1. The minimum atomic E-state index is -0.596. The van der Waals surface area contributed by atoms with Crippen LogP contribution in [0.3, 0.4) is 0 Å². The first-order chi connectivity index (χ1) is 16.5. The van der Waals surface area contributed by atoms with E-state index in [-0.39, 0.29) is 18.7 Å². The second-order valence-corrected chi connectivity index (χ2v) is 8.60. The van der Waals surface area contributed by atoms with Gasteiger partial charge in [0, 0.05) is 18.1 Å². The van der Waals surface area contributed by atoms with Crippen LogP contribution in [0.25, 0.3) is 6.08 Å². The summed E-state index contributed by atoms with van der Waals surface area (Å²) in [5.41, 5.74) is 3.38. The number of hydrogen-bond donors (Lipinski definition) is 0. The second kappa shape index (κ2) is 10.5. The molecule has 0 saturated carbocycles. The fraction of sp³-hybridized carbons (Fsp3) is 0.179. The molecule has 3 aromatic rings. The molecule has 1 heterocycles. The number of rotatable bonds is 7. The first-order valence-electron chi connectivity index (χ1n) is 11.2. The molecule has 1 fully saturated rings. The highest BCUT2D eigenvalue weighted by Crippen LogP contribution is 2.26. The van der Waals surface area contributed by atoms with Gasteiger partial charge in [-0.3, -0.25) is 19.4 Å². The van der Waals surface area contributed by atoms with Gasteiger partial charge in [0.2, 0.25) is 0 Å². The van der Waals surface area contributed by atoms with Gasteiger partial charge < -0.3 is 0 Å². The number of halogens is 1. The first kappa shape index (κ1) is 23.5. The van der Waals surface area contributed by atoms with Gasteiger partial charge in [-0.05, 0) is 54.2 Å². The van der Waals surface area contributed by atoms with Crippen molar-refractivity contribution in [2.24, 2.45) is 0 Å². The van der Waals surface area contributed by atoms with Crippen molar-refractivity contribution in [3.05, 3.63) is 112 Å². The Morgan fingerprint density at radius 1 is 0.706 bits per heavy atom. The van der Waals surface area contributed by atoms with Crippen molar-refractivity contribution in [3.63, 3.8) is 0 Å². The lowest BCUT2D eigenvalue weighted by Gasteiger charge is -2.34. The number of benzene rings is 3. The van der Waals surface area contributed by atoms with E-state index in [1.807, 2.05) is 79.7 Å². The SMILES string of the molecule is Cc1cccc(Cl)c1C=C1C(=O)N(CCc2ccccc2)C(=O)N(CCc2ccccc2)C1=O. The zero-order valence-corrected chi connectivity index (χ0v) is 19.7. The zero-order chi connectivity index (χ0) is 24.1. The van der Waals surface area contributed by atoms with Gasteiger partial charge in [-0.2, -0.15) is 0 Å². The van der Waals surface area contributed by atoms with E-state index in [0.717, 1.165) is 26.5 Å². The first-order valence-corrected chi connectivity index (χ1v) is 11.6. The summed E-state index contributed by atoms with van der Waals surface area (Å²) in [4.78, 5) is 42.3. The molecule has 0 spiro atoms. The number of barbiturate groups is 1. The molecule has 0 radical (unpaired) electrons. The molecule has 0 N–H and O–H groups in total. The van der Waals surface area contributed by atoms with E-state index in [2.05, 4.69) is 0 Å². The number of aryl methyl sites for hydroxylation is 1. The maximum atomic E-state index is 13.4. The van der Waals surface area contributed by atoms with E-state index in [0.29, 0.717) is 23.4 Å². The molecular weight excluding hydrogens is 448 g/mol. The van der Waals surface area contributed by atoms with Crippen molar-refractivity contribution >= 4 is 35.5 Å². The van der Waals surface area contributed by atoms with Crippen LogP contribution in [-0.2, 0) is 22.4 Å². The Kier molecular flexibility index (Phi) is 7.24. The highest BCUT2D eigenvalue weighted by atomic mass is 35.5. The average molecular weight is 473 g/mol. The van der Waals surface area contributed by atoms with Gasteiger partial charge in [0.25, 0.3) is 11.8 Å². The highest BCUT2D eigenvalue weighted by Gasteiger charge is 2.41. The average Bonchev–Trinajstić information content (AvgIpc) is 2.84. The van der Waals surface area contributed by atoms with Crippen LogP contribution in [0.2, 0.25) is 5.02 Å². The zero-order valence-electron chi connectivity index (χ0n) is 18.9. The fourth-order valence-electron chi connectivity index (χ4n) is 3.96. The van der Waals surface area contributed by atoms with Crippen molar-refractivity contribution in [1.29, 1.82) is 0 Å². The number of nitrogens with zero attached hydrogens (tertiary/aromatic N) is 2. The Morgan fingerprint density at radius 2 is 1.21 bits per heavy atom. The van der Waals surface area contributed by atoms with Crippen LogP contribution < -0.4 is 0 Å². The van der Waals surface area contributed by atoms with Gasteiger partial charge >= 0.3 is 6.03 Å². The summed E-state index contributed by atoms with van der Waals surface area (Å²) < 4.78 is 0. The standard InChI is InChI=1S/C28H25ClN2O3/c1-20-9-8-14-25(29)23(20)19-24-26(32)30(17-15-21-10-4-2-5-11-21)28(34)31(27(24)33)18-16-22-12-6-3-7-13-22/h2-14,19H,15-18H2,1H3. The molecule has 0 bridgehead atoms. The van der Waals surface area contributed by atoms with E-state index in [1.54, 1.807) is 6.07 Å². The van der Waals surface area contributed by atoms with Crippen molar-refractivity contribution in [1.82, 2.24) is 9.80 Å². The molecule has 172 valence electrons. The smallest absolute Gasteiger partial charge is 0.268 e. The minimum absolute atomic E-state index is 0.0584. The largest absolute Gasteiger partial charge is 0.333 e. The number of urea groups is 1. The molecule has 4 rings (SSSR count). The molecule has 0 unspecified atom stereocenters. The summed E-state index contributed by atoms with van der Waals surface area (Å²) in [7, 11) is 0. The van der Waals surface area contributed by atoms with Gasteiger partial charge in [-0.25, -0.2) is 4.79 Å². The molecule has 4 amide bonds. The lowest BCUT2D eigenvalue weighted by molar-refractivity contribution is -0.135. The molecule has 6 heteroatoms. The van der Waals surface area contributed by atoms with Crippen molar-refractivity contribution in [3.8, 4) is 0 Å². The van der Waals surface area contributed by atoms with Gasteiger partial charge in [0.1, 0.15) is 5.57 Å². The number of amides is 4. The molecule has 0 atom stereocenters. The Morgan fingerprint density at radius 3 is 1.68 bits per heavy atom. The summed E-state index contributed by atoms with van der Waals surface area (Å²) in [6, 6.07) is 24.1. The van der Waals surface area contributed by atoms with Crippen molar-refractivity contribution in [2.45, 2.75) is 19.8 Å². The third-order valence-electron chi connectivity index (χ3n) is 5.91. The van der Waals surface area contributed by atoms with Crippen LogP contribution >= 0.6 is 11.6 Å². The molecule has 3 aromatic carbocycles. The van der Waals surface area contributed by atoms with Crippen LogP contribution in [-0.4, -0.2) is 40.7 Å². The maximum Gasteiger partial charge on any atom is 0.333 e. The molecule has 1 aliphatic heterocycles. The topological polar surface area (TPSA) is 57.7 Å². The summed E-state index contributed by atoms with van der Waals surface area (Å²) in [6.45, 7) is 2.22. The predicted molar refractivity (Wildman–Crippen MR) is 133 cm³/mol. The summed E-state index contributed by atoms with van der Waals surface area (Å²) >= 11 is 6.37. The third kappa shape index (κ3) is 5.10. The van der Waals surface area contributed by atoms with Crippen molar-refractivity contribution < 1.29 is 14.4 Å². The Balaban J connectivity index is 1.66. The van der Waals surface area contributed by atoms with Gasteiger partial charge in [-0.1, -0.05) is 84.4 Å². The monoisotopic (exact) mass is 472 g/mol. The fourth-order valence-corrected chi connectivity index (χ4v) is 4.24. The van der Waals surface area contributed by atoms with E-state index >= 15 is 0 Å². The van der Waals surface area contributed by atoms with Crippen LogP contribution in [0.5, 0.6) is 0 Å². The lowest BCUT2D eigenvalue weighted by atomic mass is 10.0. The molecule has 34 heavy (non-hydrogen) atoms. The van der Waals surface area contributed by atoms with E-state index < -0.39 is 17.8 Å². The van der Waals surface area contributed by atoms with E-state index in [1.165, 1.54) is 6.08 Å². The second-order valence-electron chi connectivity index (χ2n) is 8.20. The molecule has 1 saturated heterocycles. The number of imide groups is 2. The molecule has 5 nitrogen and oxygen atoms in total. The molecular formula is C28H25ClN2O3. The molecule has 0 aromatic heterocycles. The van der Waals surface area contributed by atoms with Gasteiger partial charge in [0.05, 0.1) is 0 Å². The lowest BCUT2D eigenvalue weighted by Crippen LogP contribution is -2.57. The minimum Gasteiger partial charge on any atom is -0.268 e.